The summed E-state index contributed by atoms with van der Waals surface area (Å²) >= 11 is 0. The van der Waals surface area contributed by atoms with Gasteiger partial charge in [-0.3, -0.25) is 0 Å². The number of rotatable bonds is 5. The van der Waals surface area contributed by atoms with E-state index in [1.165, 1.54) is 38.5 Å². The summed E-state index contributed by atoms with van der Waals surface area (Å²) in [5, 5.41) is 15.9. The van der Waals surface area contributed by atoms with E-state index in [9.17, 15) is 9.90 Å². The summed E-state index contributed by atoms with van der Waals surface area (Å²) in [5.74, 6) is 1.69. The minimum Gasteiger partial charge on any atom is -0.443 e. The molecule has 8 heteroatoms. The lowest BCUT2D eigenvalue weighted by Gasteiger charge is -2.63. The van der Waals surface area contributed by atoms with E-state index in [1.54, 1.807) is 4.90 Å². The summed E-state index contributed by atoms with van der Waals surface area (Å²) < 4.78 is 25.8. The molecule has 13 atom stereocenters. The lowest BCUT2D eigenvalue weighted by molar-refractivity contribution is -0.237. The van der Waals surface area contributed by atoms with Crippen LogP contribution in [0, 0.1) is 50.7 Å². The number of likely N-dealkylation sites (tertiary alicyclic amines) is 1. The van der Waals surface area contributed by atoms with Crippen LogP contribution < -0.4 is 5.32 Å². The molecule has 5 saturated carbocycles. The maximum absolute atomic E-state index is 12.8. The molecular weight excluding hydrogens is 568 g/mol. The fourth-order valence-corrected chi connectivity index (χ4v) is 13.4. The summed E-state index contributed by atoms with van der Waals surface area (Å²) in [5.41, 5.74) is 0.686. The molecule has 8 nitrogen and oxygen atoms in total. The van der Waals surface area contributed by atoms with Gasteiger partial charge >= 0.3 is 6.09 Å². The summed E-state index contributed by atoms with van der Waals surface area (Å²) in [4.78, 5) is 14.6. The van der Waals surface area contributed by atoms with Crippen molar-refractivity contribution in [1.29, 1.82) is 0 Å². The van der Waals surface area contributed by atoms with Gasteiger partial charge in [0.25, 0.3) is 0 Å². The van der Waals surface area contributed by atoms with Gasteiger partial charge in [0, 0.05) is 31.6 Å². The van der Waals surface area contributed by atoms with Gasteiger partial charge in [-0.2, -0.15) is 0 Å². The first kappa shape index (κ1) is 31.3. The Morgan fingerprint density at radius 1 is 0.978 bits per heavy atom. The van der Waals surface area contributed by atoms with Crippen LogP contribution in [0.5, 0.6) is 0 Å². The van der Waals surface area contributed by atoms with Gasteiger partial charge in [-0.15, -0.1) is 0 Å². The first-order chi connectivity index (χ1) is 21.4. The van der Waals surface area contributed by atoms with Gasteiger partial charge in [-0.05, 0) is 110 Å². The second-order valence-corrected chi connectivity index (χ2v) is 18.1. The molecule has 0 radical (unpaired) electrons. The molecule has 45 heavy (non-hydrogen) atoms. The van der Waals surface area contributed by atoms with Crippen LogP contribution in [0.3, 0.4) is 0 Å². The van der Waals surface area contributed by atoms with Gasteiger partial charge in [0.15, 0.2) is 6.29 Å². The van der Waals surface area contributed by atoms with Gasteiger partial charge in [-0.1, -0.05) is 41.5 Å². The molecule has 0 aromatic carbocycles. The van der Waals surface area contributed by atoms with E-state index in [0.717, 1.165) is 58.5 Å². The molecule has 2 spiro atoms. The van der Waals surface area contributed by atoms with Crippen molar-refractivity contribution in [2.75, 3.05) is 32.8 Å². The van der Waals surface area contributed by atoms with Crippen molar-refractivity contribution in [2.24, 2.45) is 50.7 Å². The van der Waals surface area contributed by atoms with Crippen molar-refractivity contribution in [1.82, 2.24) is 10.2 Å². The Morgan fingerprint density at radius 2 is 1.73 bits per heavy atom. The number of nitrogens with zero attached hydrogens (tertiary/aromatic N) is 1. The highest BCUT2D eigenvalue weighted by Gasteiger charge is 2.84. The lowest BCUT2D eigenvalue weighted by Crippen LogP contribution is -2.60. The molecule has 3 aliphatic heterocycles. The average Bonchev–Trinajstić information content (AvgIpc) is 3.62. The number of carbonyl (C=O) groups is 1. The van der Waals surface area contributed by atoms with Crippen molar-refractivity contribution in [2.45, 2.75) is 143 Å². The second kappa shape index (κ2) is 10.5. The number of fused-ring (bicyclic) bond motifs is 4. The summed E-state index contributed by atoms with van der Waals surface area (Å²) in [6.45, 7) is 18.2. The number of nitrogens with one attached hydrogen (secondary N) is 1. The van der Waals surface area contributed by atoms with Crippen LogP contribution in [0.2, 0.25) is 0 Å². The van der Waals surface area contributed by atoms with Gasteiger partial charge in [-0.25, -0.2) is 4.79 Å². The molecular formula is C37H60N2O6. The average molecular weight is 629 g/mol. The van der Waals surface area contributed by atoms with Crippen LogP contribution in [0.4, 0.5) is 4.79 Å². The molecule has 3 heterocycles. The van der Waals surface area contributed by atoms with Crippen LogP contribution in [0.1, 0.15) is 106 Å². The number of hydrogen-bond acceptors (Lipinski definition) is 7. The maximum atomic E-state index is 12.8. The largest absolute Gasteiger partial charge is 0.443 e. The maximum Gasteiger partial charge on any atom is 0.410 e. The van der Waals surface area contributed by atoms with Crippen LogP contribution in [-0.4, -0.2) is 85.7 Å². The third kappa shape index (κ3) is 4.17. The highest BCUT2D eigenvalue weighted by molar-refractivity contribution is 5.68. The standard InChI is InChI=1S/C37H60N2O6/c1-22(2)29(45-32(41)39-17-7-18-39)24-9-8-23-30(43-24)31(40)35(6)26-11-10-25-33(3,4)27(44-28-20-38-16-19-42-28)12-13-36(25)21-37(26,36)15-14-34(23,35)5/h22-31,38,40H,7-21H2,1-6H3. The van der Waals surface area contributed by atoms with E-state index >= 15 is 0 Å². The quantitative estimate of drug-likeness (QED) is 0.401. The highest BCUT2D eigenvalue weighted by atomic mass is 16.7. The molecule has 5 aliphatic carbocycles. The van der Waals surface area contributed by atoms with E-state index in [0.29, 0.717) is 28.6 Å². The van der Waals surface area contributed by atoms with Crippen molar-refractivity contribution in [3.05, 3.63) is 0 Å². The second-order valence-electron chi connectivity index (χ2n) is 18.1. The number of aliphatic hydroxyl groups excluding tert-OH is 1. The molecule has 8 fully saturated rings. The molecule has 3 saturated heterocycles. The van der Waals surface area contributed by atoms with Crippen molar-refractivity contribution in [3.8, 4) is 0 Å². The molecule has 2 N–H and O–H groups in total. The van der Waals surface area contributed by atoms with Gasteiger partial charge in [0.1, 0.15) is 6.10 Å². The molecule has 13 unspecified atom stereocenters. The zero-order valence-corrected chi connectivity index (χ0v) is 28.8. The topological polar surface area (TPSA) is 89.5 Å². The van der Waals surface area contributed by atoms with Crippen molar-refractivity contribution < 1.29 is 28.8 Å². The van der Waals surface area contributed by atoms with Gasteiger partial charge < -0.3 is 34.3 Å². The van der Waals surface area contributed by atoms with Crippen molar-refractivity contribution >= 4 is 6.09 Å². The Labute approximate surface area is 271 Å². The summed E-state index contributed by atoms with van der Waals surface area (Å²) in [7, 11) is 0. The number of carbonyl (C=O) groups excluding carboxylic acids is 1. The molecule has 0 aromatic heterocycles. The van der Waals surface area contributed by atoms with E-state index in [1.807, 2.05) is 0 Å². The first-order valence-corrected chi connectivity index (χ1v) is 18.7. The van der Waals surface area contributed by atoms with E-state index in [2.05, 4.69) is 46.9 Å². The number of amides is 1. The Balaban J connectivity index is 1.02. The normalized spacial score (nSPS) is 52.0. The van der Waals surface area contributed by atoms with E-state index in [-0.39, 0.29) is 59.0 Å². The molecule has 0 bridgehead atoms. The molecule has 0 aromatic rings. The summed E-state index contributed by atoms with van der Waals surface area (Å²) in [6, 6.07) is 0. The smallest absolute Gasteiger partial charge is 0.410 e. The van der Waals surface area contributed by atoms with Gasteiger partial charge in [0.05, 0.1) is 31.0 Å². The first-order valence-electron chi connectivity index (χ1n) is 18.7. The number of aliphatic hydroxyl groups is 1. The molecule has 8 rings (SSSR count). The predicted octanol–water partition coefficient (Wildman–Crippen LogP) is 5.75. The van der Waals surface area contributed by atoms with Crippen LogP contribution >= 0.6 is 0 Å². The molecule has 254 valence electrons. The minimum absolute atomic E-state index is 0.0530. The Hall–Kier alpha value is -0.930. The zero-order valence-electron chi connectivity index (χ0n) is 28.8. The third-order valence-corrected chi connectivity index (χ3v) is 16.0. The lowest BCUT2D eigenvalue weighted by atomic mass is 9.41. The van der Waals surface area contributed by atoms with E-state index < -0.39 is 6.10 Å². The predicted molar refractivity (Wildman–Crippen MR) is 170 cm³/mol. The SMILES string of the molecule is CC(C)C(OC(=O)N1CCC1)C1CCC2C(O1)C(O)C1(C)C3CCC4C(C)(C)C(OC5CNCCO5)CCC45CC35CCC21C. The molecule has 8 aliphatic rings. The monoisotopic (exact) mass is 628 g/mol. The van der Waals surface area contributed by atoms with E-state index in [4.69, 9.17) is 18.9 Å². The zero-order chi connectivity index (χ0) is 31.6. The number of hydrogen-bond donors (Lipinski definition) is 2. The Morgan fingerprint density at radius 3 is 2.42 bits per heavy atom. The Kier molecular flexibility index (Phi) is 7.34. The number of ether oxygens (including phenoxy) is 4. The minimum atomic E-state index is -0.491. The van der Waals surface area contributed by atoms with Crippen molar-refractivity contribution in [3.63, 3.8) is 0 Å². The van der Waals surface area contributed by atoms with Crippen LogP contribution in [0.15, 0.2) is 0 Å². The van der Waals surface area contributed by atoms with Crippen LogP contribution in [0.25, 0.3) is 0 Å². The number of morpholine rings is 1. The highest BCUT2D eigenvalue weighted by Crippen LogP contribution is 2.89. The summed E-state index contributed by atoms with van der Waals surface area (Å²) in [6.07, 6.45) is 10.3. The fourth-order valence-electron chi connectivity index (χ4n) is 13.4. The van der Waals surface area contributed by atoms with Crippen LogP contribution in [-0.2, 0) is 18.9 Å². The fraction of sp³-hybridized carbons (Fsp3) is 0.973. The molecule has 1 amide bonds. The van der Waals surface area contributed by atoms with Gasteiger partial charge in [0.2, 0.25) is 0 Å². The Bertz CT molecular complexity index is 1170. The third-order valence-electron chi connectivity index (χ3n) is 16.0.